The third kappa shape index (κ3) is 11.5. The molecule has 0 aromatic rings. The molecule has 56 heavy (non-hydrogen) atoms. The summed E-state index contributed by atoms with van der Waals surface area (Å²) in [5.74, 6) is -3.82. The molecule has 4 heterocycles. The molecule has 4 aliphatic rings. The molecule has 2 fully saturated rings. The largest absolute Gasteiger partial charge is 0.493 e. The van der Waals surface area contributed by atoms with Crippen molar-refractivity contribution in [2.24, 2.45) is 16.2 Å². The lowest BCUT2D eigenvalue weighted by Gasteiger charge is -2.54. The number of hydrogen-bond donors (Lipinski definition) is 3. The first-order chi connectivity index (χ1) is 25.9. The highest BCUT2D eigenvalue weighted by Gasteiger charge is 2.58. The Morgan fingerprint density at radius 2 is 1.57 bits per heavy atom. The summed E-state index contributed by atoms with van der Waals surface area (Å²) in [5.41, 5.74) is -1.49. The van der Waals surface area contributed by atoms with Gasteiger partial charge >= 0.3 is 23.9 Å². The van der Waals surface area contributed by atoms with Gasteiger partial charge in [0.15, 0.2) is 5.79 Å². The minimum absolute atomic E-state index is 0.0684. The van der Waals surface area contributed by atoms with E-state index < -0.39 is 101 Å². The number of allylic oxidation sites excluding steroid dienone is 2. The minimum Gasteiger partial charge on any atom is -0.493 e. The fourth-order valence-corrected chi connectivity index (χ4v) is 7.44. The maximum absolute atomic E-state index is 13.3. The number of aliphatic hydroxyl groups excluding tert-OH is 2. The molecule has 0 amide bonds. The molecular weight excluding hydrogens is 728 g/mol. The van der Waals surface area contributed by atoms with Gasteiger partial charge in [0.1, 0.15) is 24.1 Å². The number of fused-ring (bicyclic) bond motifs is 6. The second-order valence-corrected chi connectivity index (χ2v) is 17.7. The van der Waals surface area contributed by atoms with Crippen molar-refractivity contribution in [1.82, 2.24) is 0 Å². The molecule has 0 unspecified atom stereocenters. The summed E-state index contributed by atoms with van der Waals surface area (Å²) < 4.78 is 41.1. The molecule has 14 nitrogen and oxygen atoms in total. The van der Waals surface area contributed by atoms with Gasteiger partial charge in [0.2, 0.25) is 0 Å². The zero-order valence-electron chi connectivity index (χ0n) is 34.5. The lowest BCUT2D eigenvalue weighted by atomic mass is 9.70. The van der Waals surface area contributed by atoms with Gasteiger partial charge in [-0.05, 0) is 66.0 Å². The maximum atomic E-state index is 13.3. The number of methoxy groups -OCH3 is 2. The molecule has 0 aromatic heterocycles. The van der Waals surface area contributed by atoms with Crippen LogP contribution in [0, 0.1) is 16.2 Å². The third-order valence-electron chi connectivity index (χ3n) is 11.1. The summed E-state index contributed by atoms with van der Waals surface area (Å²) in [6, 6.07) is 0. The normalized spacial score (nSPS) is 35.1. The molecule has 9 atom stereocenters. The Labute approximate surface area is 330 Å². The average Bonchev–Trinajstić information content (AvgIpc) is 3.08. The minimum atomic E-state index is -1.97. The Hall–Kier alpha value is -3.56. The molecule has 3 N–H and O–H groups in total. The number of rotatable bonds is 4. The lowest BCUT2D eigenvalue weighted by Crippen LogP contribution is -2.62. The number of ether oxygens (including phenoxy) is 7. The predicted molar refractivity (Wildman–Crippen MR) is 202 cm³/mol. The van der Waals surface area contributed by atoms with E-state index in [4.69, 9.17) is 33.2 Å². The first kappa shape index (κ1) is 45.1. The Kier molecular flexibility index (Phi) is 14.5. The molecule has 4 rings (SSSR count). The van der Waals surface area contributed by atoms with E-state index in [1.807, 2.05) is 26.0 Å². The first-order valence-corrected chi connectivity index (χ1v) is 19.4. The standard InChI is InChI=1S/C42H62O14/c1-24(43)32-21-29-14-26(18-36(46)51-10)16-33(53-29)40(5,6)12-11-28-13-25(17-35(45)50-9)15-31(52-28)23-42(49)41(7,8)34(55-38(48)39(2,3)4)22-30(56-42)19-27(44)20-37(47)54-32/h11-12,16-18,24,27-32,34,43-44,49H,13-15,19-23H2,1-10H3/b12-11-,25-17+,26-18+/t24-,27-,28+,29+,30-,31+,32-,34+,42+/m1/s1. The van der Waals surface area contributed by atoms with Crippen molar-refractivity contribution in [3.63, 3.8) is 0 Å². The van der Waals surface area contributed by atoms with E-state index in [1.54, 1.807) is 40.7 Å². The molecule has 6 bridgehead atoms. The van der Waals surface area contributed by atoms with Crippen LogP contribution in [0.1, 0.15) is 107 Å². The van der Waals surface area contributed by atoms with Gasteiger partial charge in [-0.3, -0.25) is 9.59 Å². The van der Waals surface area contributed by atoms with Crippen molar-refractivity contribution in [2.75, 3.05) is 14.2 Å². The van der Waals surface area contributed by atoms with Gasteiger partial charge in [0, 0.05) is 49.7 Å². The summed E-state index contributed by atoms with van der Waals surface area (Å²) in [6.45, 7) is 14.0. The number of carbonyl (C=O) groups is 4. The van der Waals surface area contributed by atoms with Crippen molar-refractivity contribution >= 4 is 23.9 Å². The van der Waals surface area contributed by atoms with Crippen LogP contribution in [-0.4, -0.2) is 108 Å². The molecule has 0 radical (unpaired) electrons. The van der Waals surface area contributed by atoms with E-state index in [2.05, 4.69) is 0 Å². The van der Waals surface area contributed by atoms with Gasteiger partial charge in [-0.25, -0.2) is 9.59 Å². The molecule has 4 aliphatic heterocycles. The highest BCUT2D eigenvalue weighted by atomic mass is 16.6. The second-order valence-electron chi connectivity index (χ2n) is 17.7. The molecule has 0 aliphatic carbocycles. The topological polar surface area (TPSA) is 194 Å². The van der Waals surface area contributed by atoms with E-state index >= 15 is 0 Å². The monoisotopic (exact) mass is 790 g/mol. The van der Waals surface area contributed by atoms with Gasteiger partial charge in [-0.1, -0.05) is 31.6 Å². The van der Waals surface area contributed by atoms with Gasteiger partial charge < -0.3 is 48.5 Å². The van der Waals surface area contributed by atoms with Crippen molar-refractivity contribution in [1.29, 1.82) is 0 Å². The molecule has 0 spiro atoms. The average molecular weight is 791 g/mol. The summed E-state index contributed by atoms with van der Waals surface area (Å²) in [7, 11) is 2.57. The number of esters is 4. The van der Waals surface area contributed by atoms with Crippen LogP contribution < -0.4 is 0 Å². The fourth-order valence-electron chi connectivity index (χ4n) is 7.44. The van der Waals surface area contributed by atoms with Crippen LogP contribution >= 0.6 is 0 Å². The van der Waals surface area contributed by atoms with Crippen molar-refractivity contribution in [3.05, 3.63) is 47.3 Å². The number of hydrogen-bond acceptors (Lipinski definition) is 14. The summed E-state index contributed by atoms with van der Waals surface area (Å²) in [5, 5.41) is 34.5. The molecule has 2 saturated heterocycles. The van der Waals surface area contributed by atoms with Crippen LogP contribution in [-0.2, 0) is 52.3 Å². The molecule has 0 aromatic carbocycles. The Bertz CT molecular complexity index is 1580. The van der Waals surface area contributed by atoms with Crippen LogP contribution in [0.4, 0.5) is 0 Å². The zero-order chi connectivity index (χ0) is 41.8. The van der Waals surface area contributed by atoms with Crippen molar-refractivity contribution < 1.29 is 67.7 Å². The molecule has 314 valence electrons. The van der Waals surface area contributed by atoms with Crippen LogP contribution in [0.2, 0.25) is 0 Å². The van der Waals surface area contributed by atoms with Crippen LogP contribution in [0.15, 0.2) is 47.3 Å². The van der Waals surface area contributed by atoms with E-state index in [-0.39, 0.29) is 38.5 Å². The van der Waals surface area contributed by atoms with Gasteiger partial charge in [-0.15, -0.1) is 0 Å². The maximum Gasteiger partial charge on any atom is 0.330 e. The van der Waals surface area contributed by atoms with Crippen molar-refractivity contribution in [2.45, 2.75) is 161 Å². The first-order valence-electron chi connectivity index (χ1n) is 19.4. The molecule has 14 heteroatoms. The fraction of sp³-hybridized carbons (Fsp3) is 0.714. The third-order valence-corrected chi connectivity index (χ3v) is 11.1. The van der Waals surface area contributed by atoms with Crippen LogP contribution in [0.3, 0.4) is 0 Å². The highest BCUT2D eigenvalue weighted by molar-refractivity contribution is 5.83. The lowest BCUT2D eigenvalue weighted by molar-refractivity contribution is -0.349. The van der Waals surface area contributed by atoms with Crippen LogP contribution in [0.25, 0.3) is 0 Å². The Balaban J connectivity index is 1.81. The summed E-state index contributed by atoms with van der Waals surface area (Å²) >= 11 is 0. The highest BCUT2D eigenvalue weighted by Crippen LogP contribution is 2.49. The molecular formula is C42H62O14. The van der Waals surface area contributed by atoms with E-state index in [0.717, 1.165) is 5.57 Å². The summed E-state index contributed by atoms with van der Waals surface area (Å²) in [6.07, 6.45) is 1.70. The Morgan fingerprint density at radius 1 is 0.911 bits per heavy atom. The van der Waals surface area contributed by atoms with E-state index in [1.165, 1.54) is 33.3 Å². The number of aliphatic hydroxyl groups is 3. The predicted octanol–water partition coefficient (Wildman–Crippen LogP) is 4.68. The smallest absolute Gasteiger partial charge is 0.330 e. The number of carbonyl (C=O) groups excluding carboxylic acids is 4. The zero-order valence-corrected chi connectivity index (χ0v) is 34.5. The van der Waals surface area contributed by atoms with E-state index in [0.29, 0.717) is 17.8 Å². The number of cyclic esters (lactones) is 1. The van der Waals surface area contributed by atoms with Gasteiger partial charge in [0.05, 0.1) is 62.0 Å². The molecule has 0 saturated carbocycles. The SMILES string of the molecule is COC(=O)/C=C1/C[C@H]2C[C@]3(O)O[C@H](C[C@@H](O)CC(=O)O[C@@H]([C@@H](C)O)C[C@@H]4C/C(=C\C(=O)OC)C=C(O4)C(C)(C)/C=C\[C@@H](C1)O2)C[C@H](OC(=O)C(C)(C)C)C3(C)C. The van der Waals surface area contributed by atoms with Crippen LogP contribution in [0.5, 0.6) is 0 Å². The van der Waals surface area contributed by atoms with E-state index in [9.17, 15) is 34.5 Å². The van der Waals surface area contributed by atoms with Gasteiger partial charge in [0.25, 0.3) is 0 Å². The Morgan fingerprint density at radius 3 is 2.20 bits per heavy atom. The second kappa shape index (κ2) is 17.9. The van der Waals surface area contributed by atoms with Gasteiger partial charge in [-0.2, -0.15) is 0 Å². The quantitative estimate of drug-likeness (QED) is 0.154. The van der Waals surface area contributed by atoms with Crippen molar-refractivity contribution in [3.8, 4) is 0 Å². The summed E-state index contributed by atoms with van der Waals surface area (Å²) in [4.78, 5) is 51.3.